The van der Waals surface area contributed by atoms with Crippen molar-refractivity contribution in [2.75, 3.05) is 0 Å². The number of halogens is 4. The molecule has 0 aliphatic heterocycles. The molecule has 2 heterocycles. The second-order valence-electron chi connectivity index (χ2n) is 6.90. The summed E-state index contributed by atoms with van der Waals surface area (Å²) in [6.07, 6.45) is -4.78. The van der Waals surface area contributed by atoms with Gasteiger partial charge in [-0.2, -0.15) is 4.98 Å². The Labute approximate surface area is 202 Å². The maximum absolute atomic E-state index is 13.1. The van der Waals surface area contributed by atoms with E-state index >= 15 is 0 Å². The molecule has 0 N–H and O–H groups in total. The largest absolute Gasteiger partial charge is 0.573 e. The van der Waals surface area contributed by atoms with Gasteiger partial charge in [0.05, 0.1) is 6.54 Å². The lowest BCUT2D eigenvalue weighted by Crippen LogP contribution is -2.24. The van der Waals surface area contributed by atoms with E-state index in [-0.39, 0.29) is 28.6 Å². The molecule has 0 aliphatic carbocycles. The van der Waals surface area contributed by atoms with Crippen LogP contribution >= 0.6 is 15.9 Å². The van der Waals surface area contributed by atoms with Gasteiger partial charge in [-0.1, -0.05) is 47.1 Å². The number of aryl methyl sites for hydroxylation is 1. The summed E-state index contributed by atoms with van der Waals surface area (Å²) < 4.78 is 48.6. The molecule has 4 aromatic rings. The van der Waals surface area contributed by atoms with Crippen LogP contribution in [0.1, 0.15) is 25.1 Å². The van der Waals surface area contributed by atoms with Gasteiger partial charge < -0.3 is 13.8 Å². The van der Waals surface area contributed by atoms with E-state index in [0.29, 0.717) is 12.1 Å². The lowest BCUT2D eigenvalue weighted by molar-refractivity contribution is -0.274. The Hall–Kier alpha value is -3.40. The lowest BCUT2D eigenvalue weighted by Gasteiger charge is -2.11. The van der Waals surface area contributed by atoms with Crippen LogP contribution in [0.15, 0.2) is 74.5 Å². The molecular weight excluding hydrogens is 515 g/mol. The highest BCUT2D eigenvalue weighted by atomic mass is 79.9. The molecule has 0 bridgehead atoms. The van der Waals surface area contributed by atoms with E-state index in [1.54, 1.807) is 16.7 Å². The molecule has 0 fully saturated rings. The number of pyridine rings is 1. The number of alkyl halides is 3. The highest BCUT2D eigenvalue weighted by Gasteiger charge is 2.31. The second-order valence-corrected chi connectivity index (χ2v) is 7.82. The van der Waals surface area contributed by atoms with E-state index in [2.05, 4.69) is 30.8 Å². The maximum Gasteiger partial charge on any atom is 0.573 e. The molecule has 2 aromatic heterocycles. The smallest absolute Gasteiger partial charge is 0.406 e. The molecule has 6 nitrogen and oxygen atoms in total. The third-order valence-electron chi connectivity index (χ3n) is 4.62. The van der Waals surface area contributed by atoms with Gasteiger partial charge >= 0.3 is 6.36 Å². The van der Waals surface area contributed by atoms with Crippen LogP contribution in [0.5, 0.6) is 5.75 Å². The van der Waals surface area contributed by atoms with Crippen LogP contribution in [-0.2, 0) is 6.54 Å². The molecule has 2 aromatic carbocycles. The zero-order valence-corrected chi connectivity index (χ0v) is 20.1. The molecule has 0 amide bonds. The third kappa shape index (κ3) is 6.13. The average Bonchev–Trinajstić information content (AvgIpc) is 3.27. The van der Waals surface area contributed by atoms with Gasteiger partial charge in [0.2, 0.25) is 5.82 Å². The second kappa shape index (κ2) is 10.7. The summed E-state index contributed by atoms with van der Waals surface area (Å²) in [6.45, 7) is 6.19. The summed E-state index contributed by atoms with van der Waals surface area (Å²) >= 11 is 3.42. The topological polar surface area (TPSA) is 70.2 Å². The Morgan fingerprint density at radius 3 is 2.41 bits per heavy atom. The summed E-state index contributed by atoms with van der Waals surface area (Å²) in [5, 5.41) is 3.85. The quantitative estimate of drug-likeness (QED) is 0.287. The highest BCUT2D eigenvalue weighted by molar-refractivity contribution is 9.10. The Morgan fingerprint density at radius 2 is 1.76 bits per heavy atom. The number of hydrogen-bond acceptors (Lipinski definition) is 5. The van der Waals surface area contributed by atoms with E-state index in [1.807, 2.05) is 45.0 Å². The van der Waals surface area contributed by atoms with Gasteiger partial charge in [-0.15, -0.1) is 13.2 Å². The number of hydrogen-bond donors (Lipinski definition) is 0. The molecule has 10 heteroatoms. The van der Waals surface area contributed by atoms with Crippen molar-refractivity contribution >= 4 is 15.9 Å². The van der Waals surface area contributed by atoms with Gasteiger partial charge in [0.25, 0.3) is 11.4 Å². The van der Waals surface area contributed by atoms with Gasteiger partial charge in [0, 0.05) is 15.7 Å². The van der Waals surface area contributed by atoms with Crippen LogP contribution in [-0.4, -0.2) is 21.1 Å². The first-order valence-electron chi connectivity index (χ1n) is 10.3. The van der Waals surface area contributed by atoms with Crippen molar-refractivity contribution in [3.63, 3.8) is 0 Å². The predicted molar refractivity (Wildman–Crippen MR) is 125 cm³/mol. The first-order chi connectivity index (χ1) is 16.2. The number of ether oxygens (including phenoxy) is 1. The monoisotopic (exact) mass is 535 g/mol. The molecule has 0 saturated carbocycles. The van der Waals surface area contributed by atoms with E-state index in [4.69, 9.17) is 4.52 Å². The molecule has 0 saturated heterocycles. The number of rotatable bonds is 5. The summed E-state index contributed by atoms with van der Waals surface area (Å²) in [5.41, 5.74) is 2.04. The fourth-order valence-corrected chi connectivity index (χ4v) is 3.55. The average molecular weight is 536 g/mol. The van der Waals surface area contributed by atoms with Crippen molar-refractivity contribution in [3.8, 4) is 28.6 Å². The lowest BCUT2D eigenvalue weighted by atomic mass is 10.2. The molecule has 0 atom stereocenters. The number of aromatic nitrogens is 3. The first kappa shape index (κ1) is 25.2. The van der Waals surface area contributed by atoms with Gasteiger partial charge in [-0.05, 0) is 61.0 Å². The van der Waals surface area contributed by atoms with Crippen molar-refractivity contribution < 1.29 is 22.4 Å². The summed E-state index contributed by atoms with van der Waals surface area (Å²) in [5.74, 6) is -0.209. The molecule has 34 heavy (non-hydrogen) atoms. The number of nitrogens with zero attached hydrogens (tertiary/aromatic N) is 3. The van der Waals surface area contributed by atoms with Crippen LogP contribution in [0, 0.1) is 6.92 Å². The van der Waals surface area contributed by atoms with Gasteiger partial charge in [-0.3, -0.25) is 4.79 Å². The Kier molecular flexibility index (Phi) is 7.93. The predicted octanol–water partition coefficient (Wildman–Crippen LogP) is 6.61. The van der Waals surface area contributed by atoms with Gasteiger partial charge in [0.1, 0.15) is 11.3 Å². The molecule has 178 valence electrons. The third-order valence-corrected chi connectivity index (χ3v) is 5.12. The molecule has 0 radical (unpaired) electrons. The fourth-order valence-electron chi connectivity index (χ4n) is 3.10. The molecule has 0 aliphatic rings. The molecular formula is C24H21BrF3N3O3. The molecule has 0 spiro atoms. The van der Waals surface area contributed by atoms with Crippen molar-refractivity contribution in [3.05, 3.63) is 86.7 Å². The van der Waals surface area contributed by atoms with Crippen LogP contribution in [0.3, 0.4) is 0 Å². The van der Waals surface area contributed by atoms with Crippen molar-refractivity contribution in [2.45, 2.75) is 33.7 Å². The SMILES string of the molecule is CC.Cc1ccc(-c2nc(-c3ccc(OC(F)(F)F)cc3)no2)c(=O)n1Cc1cccc(Br)c1. The van der Waals surface area contributed by atoms with Crippen LogP contribution in [0.25, 0.3) is 22.8 Å². The van der Waals surface area contributed by atoms with Crippen LogP contribution in [0.2, 0.25) is 0 Å². The van der Waals surface area contributed by atoms with E-state index in [9.17, 15) is 18.0 Å². The summed E-state index contributed by atoms with van der Waals surface area (Å²) in [6, 6.07) is 16.1. The summed E-state index contributed by atoms with van der Waals surface area (Å²) in [7, 11) is 0. The van der Waals surface area contributed by atoms with Gasteiger partial charge in [0.15, 0.2) is 0 Å². The van der Waals surface area contributed by atoms with Crippen molar-refractivity contribution in [1.29, 1.82) is 0 Å². The zero-order valence-electron chi connectivity index (χ0n) is 18.6. The minimum atomic E-state index is -4.78. The minimum Gasteiger partial charge on any atom is -0.406 e. The Bertz CT molecular complexity index is 1320. The maximum atomic E-state index is 13.1. The highest BCUT2D eigenvalue weighted by Crippen LogP contribution is 2.26. The van der Waals surface area contributed by atoms with Crippen LogP contribution < -0.4 is 10.3 Å². The minimum absolute atomic E-state index is 0.0172. The van der Waals surface area contributed by atoms with Crippen LogP contribution in [0.4, 0.5) is 13.2 Å². The zero-order chi connectivity index (χ0) is 24.9. The van der Waals surface area contributed by atoms with E-state index in [0.717, 1.165) is 27.9 Å². The normalized spacial score (nSPS) is 11.0. The number of benzene rings is 2. The molecule has 4 rings (SSSR count). The Balaban J connectivity index is 0.00000158. The standard InChI is InChI=1S/C22H15BrF3N3O3.C2H6/c1-13-5-10-18(21(30)29(13)12-14-3-2-4-16(23)11-14)20-27-19(28-32-20)15-6-8-17(9-7-15)31-22(24,25)26;1-2/h2-11H,12H2,1H3;1-2H3. The summed E-state index contributed by atoms with van der Waals surface area (Å²) in [4.78, 5) is 17.3. The Morgan fingerprint density at radius 1 is 1.06 bits per heavy atom. The molecule has 0 unspecified atom stereocenters. The van der Waals surface area contributed by atoms with E-state index < -0.39 is 6.36 Å². The van der Waals surface area contributed by atoms with Crippen molar-refractivity contribution in [2.24, 2.45) is 0 Å². The van der Waals surface area contributed by atoms with E-state index in [1.165, 1.54) is 12.1 Å². The van der Waals surface area contributed by atoms with Crippen molar-refractivity contribution in [1.82, 2.24) is 14.7 Å². The van der Waals surface area contributed by atoms with Gasteiger partial charge in [-0.25, -0.2) is 0 Å². The fraction of sp³-hybridized carbons (Fsp3) is 0.208. The first-order valence-corrected chi connectivity index (χ1v) is 11.1.